The van der Waals surface area contributed by atoms with Gasteiger partial charge in [0.1, 0.15) is 5.76 Å². The lowest BCUT2D eigenvalue weighted by atomic mass is 9.94. The summed E-state index contributed by atoms with van der Waals surface area (Å²) in [6.07, 6.45) is 5.11. The third kappa shape index (κ3) is 2.43. The third-order valence-electron chi connectivity index (χ3n) is 3.87. The Morgan fingerprint density at radius 3 is 2.74 bits per heavy atom. The van der Waals surface area contributed by atoms with Crippen LogP contribution in [0.15, 0.2) is 40.9 Å². The number of benzene rings is 1. The molecule has 1 aromatic carbocycles. The first kappa shape index (κ1) is 12.4. The molecule has 3 nitrogen and oxygen atoms in total. The average Bonchev–Trinajstić information content (AvgIpc) is 3.14. The van der Waals surface area contributed by atoms with Crippen LogP contribution < -0.4 is 5.32 Å². The van der Waals surface area contributed by atoms with Crippen LogP contribution in [0.1, 0.15) is 37.0 Å². The van der Waals surface area contributed by atoms with Gasteiger partial charge in [0.05, 0.1) is 11.6 Å². The molecule has 0 spiro atoms. The van der Waals surface area contributed by atoms with Crippen LogP contribution in [0.4, 0.5) is 0 Å². The molecule has 3 heteroatoms. The summed E-state index contributed by atoms with van der Waals surface area (Å²) in [5, 5.41) is 3.29. The van der Waals surface area contributed by atoms with Crippen molar-refractivity contribution in [3.8, 4) is 0 Å². The molecule has 0 bridgehead atoms. The van der Waals surface area contributed by atoms with E-state index in [4.69, 9.17) is 4.42 Å². The zero-order chi connectivity index (χ0) is 13.1. The monoisotopic (exact) mass is 256 g/mol. The number of rotatable bonds is 6. The summed E-state index contributed by atoms with van der Waals surface area (Å²) in [6, 6.07) is 10.6. The molecule has 1 heterocycles. The Kier molecular flexibility index (Phi) is 3.38. The smallest absolute Gasteiger partial charge is 0.195 e. The van der Waals surface area contributed by atoms with Gasteiger partial charge in [-0.05, 0) is 24.9 Å². The molecule has 0 atom stereocenters. The van der Waals surface area contributed by atoms with Gasteiger partial charge in [0.15, 0.2) is 5.89 Å². The largest absolute Gasteiger partial charge is 0.445 e. The molecule has 0 amide bonds. The van der Waals surface area contributed by atoms with Gasteiger partial charge in [-0.15, -0.1) is 0 Å². The lowest BCUT2D eigenvalue weighted by Gasteiger charge is -2.11. The number of oxazole rings is 1. The molecule has 1 fully saturated rings. The van der Waals surface area contributed by atoms with Gasteiger partial charge in [0, 0.05) is 13.0 Å². The fourth-order valence-electron chi connectivity index (χ4n) is 2.58. The Labute approximate surface area is 114 Å². The molecular formula is C16H20N2O. The predicted octanol–water partition coefficient (Wildman–Crippen LogP) is 2.91. The Morgan fingerprint density at radius 1 is 1.26 bits per heavy atom. The normalized spacial score (nSPS) is 16.5. The van der Waals surface area contributed by atoms with Crippen molar-refractivity contribution in [2.75, 3.05) is 13.1 Å². The lowest BCUT2D eigenvalue weighted by Crippen LogP contribution is -2.16. The number of likely N-dealkylation sites (N-methyl/N-ethyl adjacent to an activating group) is 1. The molecule has 1 aliphatic carbocycles. The van der Waals surface area contributed by atoms with Crippen LogP contribution in [-0.4, -0.2) is 18.1 Å². The van der Waals surface area contributed by atoms with E-state index < -0.39 is 0 Å². The minimum atomic E-state index is 0.102. The summed E-state index contributed by atoms with van der Waals surface area (Å²) in [5.74, 6) is 1.88. The van der Waals surface area contributed by atoms with E-state index in [2.05, 4.69) is 47.6 Å². The number of nitrogens with one attached hydrogen (secondary N) is 1. The second-order valence-corrected chi connectivity index (χ2v) is 5.17. The SMILES string of the molecule is CCNCCc1ncc(C2(c3ccccc3)CC2)o1. The molecule has 1 saturated carbocycles. The Morgan fingerprint density at radius 2 is 2.05 bits per heavy atom. The van der Waals surface area contributed by atoms with Crippen molar-refractivity contribution in [3.05, 3.63) is 53.7 Å². The third-order valence-corrected chi connectivity index (χ3v) is 3.87. The Hall–Kier alpha value is -1.61. The maximum absolute atomic E-state index is 5.96. The maximum atomic E-state index is 5.96. The highest BCUT2D eigenvalue weighted by Gasteiger charge is 2.48. The first-order chi connectivity index (χ1) is 9.35. The van der Waals surface area contributed by atoms with E-state index in [1.54, 1.807) is 0 Å². The predicted molar refractivity (Wildman–Crippen MR) is 75.2 cm³/mol. The number of nitrogens with zero attached hydrogens (tertiary/aromatic N) is 1. The highest BCUT2D eigenvalue weighted by molar-refractivity contribution is 5.39. The Bertz CT molecular complexity index is 529. The second kappa shape index (κ2) is 5.17. The van der Waals surface area contributed by atoms with E-state index >= 15 is 0 Å². The molecule has 1 aromatic heterocycles. The van der Waals surface area contributed by atoms with Crippen LogP contribution in [-0.2, 0) is 11.8 Å². The van der Waals surface area contributed by atoms with E-state index in [1.807, 2.05) is 6.20 Å². The molecule has 3 rings (SSSR count). The molecule has 1 aliphatic rings. The highest BCUT2D eigenvalue weighted by Crippen LogP contribution is 2.53. The summed E-state index contributed by atoms with van der Waals surface area (Å²) >= 11 is 0. The van der Waals surface area contributed by atoms with Crippen molar-refractivity contribution >= 4 is 0 Å². The summed E-state index contributed by atoms with van der Waals surface area (Å²) in [7, 11) is 0. The minimum Gasteiger partial charge on any atom is -0.445 e. The van der Waals surface area contributed by atoms with E-state index in [-0.39, 0.29) is 5.41 Å². The van der Waals surface area contributed by atoms with Crippen LogP contribution in [0.25, 0.3) is 0 Å². The van der Waals surface area contributed by atoms with Gasteiger partial charge < -0.3 is 9.73 Å². The van der Waals surface area contributed by atoms with E-state index in [1.165, 1.54) is 18.4 Å². The summed E-state index contributed by atoms with van der Waals surface area (Å²) in [6.45, 7) is 4.02. The van der Waals surface area contributed by atoms with Crippen molar-refractivity contribution in [3.63, 3.8) is 0 Å². The second-order valence-electron chi connectivity index (χ2n) is 5.17. The first-order valence-corrected chi connectivity index (χ1v) is 7.06. The molecule has 0 aliphatic heterocycles. The van der Waals surface area contributed by atoms with Crippen LogP contribution in [0.2, 0.25) is 0 Å². The van der Waals surface area contributed by atoms with Gasteiger partial charge >= 0.3 is 0 Å². The van der Waals surface area contributed by atoms with Crippen molar-refractivity contribution < 1.29 is 4.42 Å². The minimum absolute atomic E-state index is 0.102. The maximum Gasteiger partial charge on any atom is 0.195 e. The fraction of sp³-hybridized carbons (Fsp3) is 0.438. The quantitative estimate of drug-likeness (QED) is 0.808. The molecule has 19 heavy (non-hydrogen) atoms. The van der Waals surface area contributed by atoms with Gasteiger partial charge in [0.25, 0.3) is 0 Å². The van der Waals surface area contributed by atoms with Crippen LogP contribution in [0.5, 0.6) is 0 Å². The lowest BCUT2D eigenvalue weighted by molar-refractivity contribution is 0.429. The van der Waals surface area contributed by atoms with Crippen molar-refractivity contribution in [1.82, 2.24) is 10.3 Å². The summed E-state index contributed by atoms with van der Waals surface area (Å²) < 4.78 is 5.96. The average molecular weight is 256 g/mol. The highest BCUT2D eigenvalue weighted by atomic mass is 16.4. The van der Waals surface area contributed by atoms with E-state index in [0.29, 0.717) is 0 Å². The first-order valence-electron chi connectivity index (χ1n) is 7.06. The zero-order valence-electron chi connectivity index (χ0n) is 11.4. The number of aromatic nitrogens is 1. The molecule has 2 aromatic rings. The van der Waals surface area contributed by atoms with Crippen molar-refractivity contribution in [2.24, 2.45) is 0 Å². The Balaban J connectivity index is 1.76. The molecule has 0 radical (unpaired) electrons. The van der Waals surface area contributed by atoms with Crippen LogP contribution in [0.3, 0.4) is 0 Å². The summed E-state index contributed by atoms with van der Waals surface area (Å²) in [5.41, 5.74) is 1.45. The van der Waals surface area contributed by atoms with Gasteiger partial charge in [-0.3, -0.25) is 0 Å². The molecule has 1 N–H and O–H groups in total. The van der Waals surface area contributed by atoms with Crippen molar-refractivity contribution in [1.29, 1.82) is 0 Å². The molecule has 0 saturated heterocycles. The van der Waals surface area contributed by atoms with E-state index in [9.17, 15) is 0 Å². The van der Waals surface area contributed by atoms with Crippen molar-refractivity contribution in [2.45, 2.75) is 31.6 Å². The van der Waals surface area contributed by atoms with Gasteiger partial charge in [-0.2, -0.15) is 0 Å². The zero-order valence-corrected chi connectivity index (χ0v) is 11.4. The van der Waals surface area contributed by atoms with E-state index in [0.717, 1.165) is 31.2 Å². The van der Waals surface area contributed by atoms with Gasteiger partial charge in [0.2, 0.25) is 0 Å². The number of hydrogen-bond acceptors (Lipinski definition) is 3. The number of hydrogen-bond donors (Lipinski definition) is 1. The van der Waals surface area contributed by atoms with Crippen LogP contribution in [0, 0.1) is 0 Å². The van der Waals surface area contributed by atoms with Gasteiger partial charge in [-0.25, -0.2) is 4.98 Å². The van der Waals surface area contributed by atoms with Crippen LogP contribution >= 0.6 is 0 Å². The molecule has 100 valence electrons. The molecular weight excluding hydrogens is 236 g/mol. The fourth-order valence-corrected chi connectivity index (χ4v) is 2.58. The topological polar surface area (TPSA) is 38.1 Å². The standard InChI is InChI=1S/C16H20N2O/c1-2-17-11-8-15-18-12-14(19-15)16(9-10-16)13-6-4-3-5-7-13/h3-7,12,17H,2,8-11H2,1H3. The van der Waals surface area contributed by atoms with Gasteiger partial charge in [-0.1, -0.05) is 37.3 Å². The molecule has 0 unspecified atom stereocenters. The summed E-state index contributed by atoms with van der Waals surface area (Å²) in [4.78, 5) is 4.41.